The molecule has 0 bridgehead atoms. The summed E-state index contributed by atoms with van der Waals surface area (Å²) in [5.41, 5.74) is 0.0635. The van der Waals surface area contributed by atoms with Crippen molar-refractivity contribution in [1.29, 1.82) is 0 Å². The Hall–Kier alpha value is -1.76. The number of pyridine rings is 1. The number of nitrogens with zero attached hydrogens (tertiary/aromatic N) is 3. The van der Waals surface area contributed by atoms with E-state index in [-0.39, 0.29) is 10.7 Å². The molecule has 2 aromatic heterocycles. The average molecular weight is 239 g/mol. The van der Waals surface area contributed by atoms with Crippen LogP contribution in [0.3, 0.4) is 0 Å². The fourth-order valence-electron chi connectivity index (χ4n) is 1.31. The lowest BCUT2D eigenvalue weighted by molar-refractivity contribution is 0.593. The molecule has 2 rings (SSSR count). The Morgan fingerprint density at radius 3 is 2.62 bits per heavy atom. The Morgan fingerprint density at radius 1 is 1.31 bits per heavy atom. The average Bonchev–Trinajstić information content (AvgIpc) is 2.22. The highest BCUT2D eigenvalue weighted by Gasteiger charge is 2.12. The van der Waals surface area contributed by atoms with Gasteiger partial charge in [0.15, 0.2) is 0 Å². The minimum atomic E-state index is -3.46. The molecule has 0 aromatic carbocycles. The van der Waals surface area contributed by atoms with E-state index in [1.54, 1.807) is 6.07 Å². The van der Waals surface area contributed by atoms with E-state index < -0.39 is 9.84 Å². The van der Waals surface area contributed by atoms with Crippen molar-refractivity contribution in [2.75, 3.05) is 6.26 Å². The van der Waals surface area contributed by atoms with Gasteiger partial charge in [-0.05, 0) is 6.07 Å². The fourth-order valence-corrected chi connectivity index (χ4v) is 1.81. The number of sulfone groups is 1. The van der Waals surface area contributed by atoms with Crippen LogP contribution in [0.1, 0.15) is 0 Å². The van der Waals surface area contributed by atoms with Crippen molar-refractivity contribution in [2.45, 2.75) is 5.16 Å². The van der Waals surface area contributed by atoms with Gasteiger partial charge in [-0.3, -0.25) is 9.36 Å². The van der Waals surface area contributed by atoms with Crippen molar-refractivity contribution < 1.29 is 8.42 Å². The highest BCUT2D eigenvalue weighted by atomic mass is 32.2. The van der Waals surface area contributed by atoms with Gasteiger partial charge in [0.05, 0.1) is 0 Å². The molecule has 0 aliphatic heterocycles. The maximum atomic E-state index is 11.3. The normalized spacial score (nSPS) is 11.9. The third-order valence-corrected chi connectivity index (χ3v) is 3.02. The molecule has 6 nitrogen and oxygen atoms in total. The molecule has 0 fully saturated rings. The van der Waals surface area contributed by atoms with E-state index in [0.717, 1.165) is 6.26 Å². The molecule has 0 saturated heterocycles. The van der Waals surface area contributed by atoms with Crippen LogP contribution in [-0.2, 0) is 16.9 Å². The van der Waals surface area contributed by atoms with Gasteiger partial charge < -0.3 is 0 Å². The van der Waals surface area contributed by atoms with Crippen molar-refractivity contribution >= 4 is 20.9 Å². The molecule has 7 heteroatoms. The smallest absolute Gasteiger partial charge is 0.251 e. The highest BCUT2D eigenvalue weighted by Crippen LogP contribution is 2.09. The van der Waals surface area contributed by atoms with Gasteiger partial charge in [0.1, 0.15) is 5.65 Å². The summed E-state index contributed by atoms with van der Waals surface area (Å²) < 4.78 is 23.8. The van der Waals surface area contributed by atoms with Gasteiger partial charge in [-0.2, -0.15) is 4.98 Å². The topological polar surface area (TPSA) is 81.9 Å². The number of aromatic nitrogens is 3. The lowest BCUT2D eigenvalue weighted by atomic mass is 10.3. The maximum absolute atomic E-state index is 11.3. The van der Waals surface area contributed by atoms with Gasteiger partial charge in [0.2, 0.25) is 15.0 Å². The lowest BCUT2D eigenvalue weighted by Gasteiger charge is -2.03. The zero-order valence-electron chi connectivity index (χ0n) is 8.71. The van der Waals surface area contributed by atoms with Crippen LogP contribution in [-0.4, -0.2) is 29.2 Å². The molecule has 0 unspecified atom stereocenters. The van der Waals surface area contributed by atoms with E-state index in [0.29, 0.717) is 11.0 Å². The van der Waals surface area contributed by atoms with Crippen molar-refractivity contribution in [1.82, 2.24) is 14.5 Å². The summed E-state index contributed by atoms with van der Waals surface area (Å²) in [5.74, 6) is 0. The number of fused-ring (bicyclic) bond motifs is 1. The summed E-state index contributed by atoms with van der Waals surface area (Å²) in [7, 11) is -1.93. The molecule has 2 heterocycles. The molecule has 0 spiro atoms. The highest BCUT2D eigenvalue weighted by molar-refractivity contribution is 7.90. The van der Waals surface area contributed by atoms with Crippen LogP contribution in [0, 0.1) is 0 Å². The molecular formula is C9H9N3O3S. The molecule has 0 atom stereocenters. The van der Waals surface area contributed by atoms with E-state index in [9.17, 15) is 13.2 Å². The van der Waals surface area contributed by atoms with E-state index in [1.807, 2.05) is 0 Å². The second-order valence-corrected chi connectivity index (χ2v) is 5.34. The summed E-state index contributed by atoms with van der Waals surface area (Å²) in [5, 5.41) is 0.343. The van der Waals surface area contributed by atoms with Crippen LogP contribution in [0.2, 0.25) is 0 Å². The molecule has 0 amide bonds. The standard InChI is InChI=1S/C9H9N3O3S/c1-12-7(13)4-3-6-5-10-9(11-8(6)12)16(2,14)15/h3-5H,1-2H3. The fraction of sp³-hybridized carbons (Fsp3) is 0.222. The van der Waals surface area contributed by atoms with E-state index >= 15 is 0 Å². The maximum Gasteiger partial charge on any atom is 0.251 e. The molecule has 0 aliphatic carbocycles. The molecule has 16 heavy (non-hydrogen) atoms. The third kappa shape index (κ3) is 1.69. The SMILES string of the molecule is Cn1c(=O)ccc2cnc(S(C)(=O)=O)nc21. The van der Waals surface area contributed by atoms with Gasteiger partial charge in [-0.15, -0.1) is 0 Å². The zero-order chi connectivity index (χ0) is 11.9. The summed E-state index contributed by atoms with van der Waals surface area (Å²) >= 11 is 0. The first-order valence-electron chi connectivity index (χ1n) is 4.42. The van der Waals surface area contributed by atoms with Crippen LogP contribution >= 0.6 is 0 Å². The first kappa shape index (κ1) is 10.7. The minimum absolute atomic E-state index is 0.245. The van der Waals surface area contributed by atoms with E-state index in [2.05, 4.69) is 9.97 Å². The summed E-state index contributed by atoms with van der Waals surface area (Å²) in [6, 6.07) is 2.94. The summed E-state index contributed by atoms with van der Waals surface area (Å²) in [4.78, 5) is 19.0. The number of hydrogen-bond acceptors (Lipinski definition) is 5. The van der Waals surface area contributed by atoms with Gasteiger partial charge in [0, 0.05) is 31.0 Å². The molecular weight excluding hydrogens is 230 g/mol. The Bertz CT molecular complexity index is 718. The van der Waals surface area contributed by atoms with Gasteiger partial charge in [-0.1, -0.05) is 0 Å². The number of aryl methyl sites for hydroxylation is 1. The Kier molecular flexibility index (Phi) is 2.27. The first-order valence-corrected chi connectivity index (χ1v) is 6.31. The van der Waals surface area contributed by atoms with Crippen molar-refractivity contribution in [3.05, 3.63) is 28.7 Å². The van der Waals surface area contributed by atoms with Gasteiger partial charge in [0.25, 0.3) is 5.56 Å². The monoisotopic (exact) mass is 239 g/mol. The third-order valence-electron chi connectivity index (χ3n) is 2.16. The first-order chi connectivity index (χ1) is 7.39. The van der Waals surface area contributed by atoms with Gasteiger partial charge >= 0.3 is 0 Å². The van der Waals surface area contributed by atoms with Crippen molar-refractivity contribution in [3.63, 3.8) is 0 Å². The quantitative estimate of drug-likeness (QED) is 0.640. The van der Waals surface area contributed by atoms with Crippen LogP contribution < -0.4 is 5.56 Å². The lowest BCUT2D eigenvalue weighted by Crippen LogP contribution is -2.17. The molecule has 0 radical (unpaired) electrons. The molecule has 2 aromatic rings. The van der Waals surface area contributed by atoms with E-state index in [4.69, 9.17) is 0 Å². The second kappa shape index (κ2) is 3.38. The summed E-state index contributed by atoms with van der Waals surface area (Å²) in [6.45, 7) is 0. The van der Waals surface area contributed by atoms with Crippen LogP contribution in [0.15, 0.2) is 28.3 Å². The van der Waals surface area contributed by atoms with E-state index in [1.165, 1.54) is 23.9 Å². The number of rotatable bonds is 1. The Balaban J connectivity index is 2.90. The van der Waals surface area contributed by atoms with Gasteiger partial charge in [-0.25, -0.2) is 13.4 Å². The largest absolute Gasteiger partial charge is 0.296 e. The molecule has 0 N–H and O–H groups in total. The van der Waals surface area contributed by atoms with Crippen LogP contribution in [0.5, 0.6) is 0 Å². The Morgan fingerprint density at radius 2 is 2.00 bits per heavy atom. The summed E-state index contributed by atoms with van der Waals surface area (Å²) in [6.07, 6.45) is 2.41. The molecule has 84 valence electrons. The van der Waals surface area contributed by atoms with Crippen molar-refractivity contribution in [3.8, 4) is 0 Å². The van der Waals surface area contributed by atoms with Crippen LogP contribution in [0.4, 0.5) is 0 Å². The molecule has 0 saturated carbocycles. The Labute approximate surface area is 91.5 Å². The zero-order valence-corrected chi connectivity index (χ0v) is 9.52. The molecule has 0 aliphatic rings. The van der Waals surface area contributed by atoms with Crippen LogP contribution in [0.25, 0.3) is 11.0 Å². The predicted octanol–water partition coefficient (Wildman–Crippen LogP) is -0.268. The predicted molar refractivity (Wildman–Crippen MR) is 57.9 cm³/mol. The van der Waals surface area contributed by atoms with Crippen molar-refractivity contribution in [2.24, 2.45) is 7.05 Å². The second-order valence-electron chi connectivity index (χ2n) is 3.43. The minimum Gasteiger partial charge on any atom is -0.296 e. The number of hydrogen-bond donors (Lipinski definition) is 0.